The number of carbonyl (C=O) groups is 1. The van der Waals surface area contributed by atoms with Crippen molar-refractivity contribution >= 4 is 11.6 Å². The number of carbonyl (C=O) groups excluding carboxylic acids is 1. The van der Waals surface area contributed by atoms with Crippen molar-refractivity contribution in [3.63, 3.8) is 0 Å². The van der Waals surface area contributed by atoms with Crippen LogP contribution in [0.25, 0.3) is 0 Å². The Balaban J connectivity index is 2.18. The molecule has 0 fully saturated rings. The highest BCUT2D eigenvalue weighted by atomic mass is 16.3. The van der Waals surface area contributed by atoms with Crippen LogP contribution in [0, 0.1) is 13.8 Å². The summed E-state index contributed by atoms with van der Waals surface area (Å²) in [6.07, 6.45) is 0. The number of rotatable bonds is 3. The minimum atomic E-state index is -0.718. The predicted octanol–water partition coefficient (Wildman–Crippen LogP) is 2.65. The minimum absolute atomic E-state index is 0.216. The topological polar surface area (TPSA) is 75.4 Å². The van der Waals surface area contributed by atoms with Gasteiger partial charge in [0.05, 0.1) is 0 Å². The SMILES string of the molecule is Cc1cc(NC(=O)[C@H](N)c2ccccc2)c(C)cc1O. The van der Waals surface area contributed by atoms with Gasteiger partial charge in [0.25, 0.3) is 0 Å². The van der Waals surface area contributed by atoms with Crippen LogP contribution >= 0.6 is 0 Å². The maximum atomic E-state index is 12.2. The molecule has 4 heteroatoms. The average Bonchev–Trinajstić information content (AvgIpc) is 2.44. The van der Waals surface area contributed by atoms with E-state index in [2.05, 4.69) is 5.32 Å². The molecule has 4 nitrogen and oxygen atoms in total. The van der Waals surface area contributed by atoms with Gasteiger partial charge >= 0.3 is 0 Å². The van der Waals surface area contributed by atoms with Gasteiger partial charge in [-0.2, -0.15) is 0 Å². The van der Waals surface area contributed by atoms with Crippen molar-refractivity contribution in [1.82, 2.24) is 0 Å². The minimum Gasteiger partial charge on any atom is -0.508 e. The number of aryl methyl sites for hydroxylation is 2. The lowest BCUT2D eigenvalue weighted by molar-refractivity contribution is -0.117. The molecule has 20 heavy (non-hydrogen) atoms. The van der Waals surface area contributed by atoms with Crippen LogP contribution in [0.2, 0.25) is 0 Å². The summed E-state index contributed by atoms with van der Waals surface area (Å²) < 4.78 is 0. The smallest absolute Gasteiger partial charge is 0.245 e. The van der Waals surface area contributed by atoms with Crippen LogP contribution in [0.5, 0.6) is 5.75 Å². The van der Waals surface area contributed by atoms with Gasteiger partial charge in [0.2, 0.25) is 5.91 Å². The zero-order valence-corrected chi connectivity index (χ0v) is 11.6. The van der Waals surface area contributed by atoms with E-state index >= 15 is 0 Å². The number of nitrogens with two attached hydrogens (primary N) is 1. The third-order valence-electron chi connectivity index (χ3n) is 3.24. The molecule has 104 valence electrons. The van der Waals surface area contributed by atoms with Crippen molar-refractivity contribution < 1.29 is 9.90 Å². The zero-order chi connectivity index (χ0) is 14.7. The Bertz CT molecular complexity index is 624. The summed E-state index contributed by atoms with van der Waals surface area (Å²) in [4.78, 5) is 12.2. The Morgan fingerprint density at radius 1 is 1.15 bits per heavy atom. The van der Waals surface area contributed by atoms with Crippen LogP contribution in [0.3, 0.4) is 0 Å². The Morgan fingerprint density at radius 3 is 2.45 bits per heavy atom. The summed E-state index contributed by atoms with van der Waals surface area (Å²) in [5.41, 5.74) is 8.87. The van der Waals surface area contributed by atoms with E-state index in [1.54, 1.807) is 19.1 Å². The molecule has 0 unspecified atom stereocenters. The van der Waals surface area contributed by atoms with Crippen LogP contribution in [0.1, 0.15) is 22.7 Å². The second kappa shape index (κ2) is 5.75. The summed E-state index contributed by atoms with van der Waals surface area (Å²) in [5, 5.41) is 12.4. The fourth-order valence-corrected chi connectivity index (χ4v) is 1.96. The maximum absolute atomic E-state index is 12.2. The Hall–Kier alpha value is -2.33. The Morgan fingerprint density at radius 2 is 1.80 bits per heavy atom. The van der Waals surface area contributed by atoms with Crippen molar-refractivity contribution in [2.24, 2.45) is 5.73 Å². The number of hydrogen-bond donors (Lipinski definition) is 3. The molecule has 0 bridgehead atoms. The molecule has 1 atom stereocenters. The highest BCUT2D eigenvalue weighted by Gasteiger charge is 2.16. The van der Waals surface area contributed by atoms with Crippen molar-refractivity contribution in [2.75, 3.05) is 5.32 Å². The third kappa shape index (κ3) is 2.97. The van der Waals surface area contributed by atoms with E-state index in [1.807, 2.05) is 37.3 Å². The third-order valence-corrected chi connectivity index (χ3v) is 3.24. The number of phenols is 1. The van der Waals surface area contributed by atoms with Crippen LogP contribution in [-0.2, 0) is 4.79 Å². The lowest BCUT2D eigenvalue weighted by Gasteiger charge is -2.15. The molecule has 2 aromatic carbocycles. The van der Waals surface area contributed by atoms with Crippen LogP contribution in [-0.4, -0.2) is 11.0 Å². The molecule has 0 aromatic heterocycles. The quantitative estimate of drug-likeness (QED) is 0.750. The molecule has 0 heterocycles. The molecule has 4 N–H and O–H groups in total. The van der Waals surface area contributed by atoms with Crippen LogP contribution in [0.15, 0.2) is 42.5 Å². The largest absolute Gasteiger partial charge is 0.508 e. The van der Waals surface area contributed by atoms with E-state index in [0.717, 1.165) is 11.1 Å². The predicted molar refractivity (Wildman–Crippen MR) is 79.6 cm³/mol. The number of benzene rings is 2. The number of phenolic OH excluding ortho intramolecular Hbond substituents is 1. The Kier molecular flexibility index (Phi) is 4.05. The van der Waals surface area contributed by atoms with Crippen molar-refractivity contribution in [3.05, 3.63) is 59.2 Å². The first-order valence-corrected chi connectivity index (χ1v) is 6.40. The van der Waals surface area contributed by atoms with Gasteiger partial charge in [-0.1, -0.05) is 30.3 Å². The molecule has 2 aromatic rings. The van der Waals surface area contributed by atoms with Gasteiger partial charge in [0.1, 0.15) is 11.8 Å². The number of amides is 1. The van der Waals surface area contributed by atoms with Crippen molar-refractivity contribution in [1.29, 1.82) is 0 Å². The molecular weight excluding hydrogens is 252 g/mol. The zero-order valence-electron chi connectivity index (χ0n) is 11.6. The second-order valence-corrected chi connectivity index (χ2v) is 4.83. The van der Waals surface area contributed by atoms with E-state index in [1.165, 1.54) is 0 Å². The normalized spacial score (nSPS) is 11.9. The first kappa shape index (κ1) is 14.1. The fraction of sp³-hybridized carbons (Fsp3) is 0.188. The first-order chi connectivity index (χ1) is 9.49. The molecule has 0 aliphatic heterocycles. The molecule has 0 saturated heterocycles. The fourth-order valence-electron chi connectivity index (χ4n) is 1.96. The summed E-state index contributed by atoms with van der Waals surface area (Å²) in [6, 6.07) is 11.8. The number of nitrogens with one attached hydrogen (secondary N) is 1. The van der Waals surface area contributed by atoms with Crippen molar-refractivity contribution in [3.8, 4) is 5.75 Å². The molecule has 2 rings (SSSR count). The van der Waals surface area contributed by atoms with Gasteiger partial charge < -0.3 is 16.2 Å². The lowest BCUT2D eigenvalue weighted by Crippen LogP contribution is -2.28. The maximum Gasteiger partial charge on any atom is 0.245 e. The molecule has 0 radical (unpaired) electrons. The highest BCUT2D eigenvalue weighted by molar-refractivity contribution is 5.96. The van der Waals surface area contributed by atoms with Gasteiger partial charge in [-0.05, 0) is 42.7 Å². The van der Waals surface area contributed by atoms with E-state index < -0.39 is 6.04 Å². The van der Waals surface area contributed by atoms with Gasteiger partial charge in [-0.3, -0.25) is 4.79 Å². The number of anilines is 1. The Labute approximate surface area is 118 Å². The number of hydrogen-bond acceptors (Lipinski definition) is 3. The summed E-state index contributed by atoms with van der Waals surface area (Å²) in [5.74, 6) is -0.0581. The monoisotopic (exact) mass is 270 g/mol. The summed E-state index contributed by atoms with van der Waals surface area (Å²) >= 11 is 0. The molecule has 0 aliphatic rings. The molecule has 0 aliphatic carbocycles. The average molecular weight is 270 g/mol. The van der Waals surface area contributed by atoms with E-state index in [9.17, 15) is 9.90 Å². The van der Waals surface area contributed by atoms with Crippen LogP contribution in [0.4, 0.5) is 5.69 Å². The second-order valence-electron chi connectivity index (χ2n) is 4.83. The number of aromatic hydroxyl groups is 1. The summed E-state index contributed by atoms with van der Waals surface area (Å²) in [6.45, 7) is 3.60. The van der Waals surface area contributed by atoms with E-state index in [4.69, 9.17) is 5.73 Å². The molecule has 1 amide bonds. The summed E-state index contributed by atoms with van der Waals surface area (Å²) in [7, 11) is 0. The first-order valence-electron chi connectivity index (χ1n) is 6.40. The van der Waals surface area contributed by atoms with Gasteiger partial charge in [0, 0.05) is 5.69 Å². The molecule has 0 spiro atoms. The van der Waals surface area contributed by atoms with E-state index in [-0.39, 0.29) is 11.7 Å². The molecule has 0 saturated carbocycles. The lowest BCUT2D eigenvalue weighted by atomic mass is 10.1. The highest BCUT2D eigenvalue weighted by Crippen LogP contribution is 2.25. The van der Waals surface area contributed by atoms with Gasteiger partial charge in [-0.15, -0.1) is 0 Å². The van der Waals surface area contributed by atoms with Gasteiger partial charge in [-0.25, -0.2) is 0 Å². The van der Waals surface area contributed by atoms with E-state index in [0.29, 0.717) is 11.3 Å². The van der Waals surface area contributed by atoms with Crippen LogP contribution < -0.4 is 11.1 Å². The standard InChI is InChI=1S/C16H18N2O2/c1-10-9-14(19)11(2)8-13(10)18-16(20)15(17)12-6-4-3-5-7-12/h3-9,15,19H,17H2,1-2H3,(H,18,20)/t15-/m1/s1. The van der Waals surface area contributed by atoms with Gasteiger partial charge in [0.15, 0.2) is 0 Å². The van der Waals surface area contributed by atoms with Crippen molar-refractivity contribution in [2.45, 2.75) is 19.9 Å². The molecular formula is C16H18N2O2.